The zero-order valence-electron chi connectivity index (χ0n) is 52.7. The summed E-state index contributed by atoms with van der Waals surface area (Å²) in [6.45, 7) is 4.48. The Balaban J connectivity index is 1.71. The van der Waals surface area contributed by atoms with Gasteiger partial charge in [0, 0.05) is 32.4 Å². The normalized spacial score (nSPS) is 24.4. The third-order valence-electron chi connectivity index (χ3n) is 15.4. The zero-order chi connectivity index (χ0) is 69.7. The molecule has 13 atom stereocenters. The van der Waals surface area contributed by atoms with Gasteiger partial charge in [-0.25, -0.2) is 10.2 Å². The number of unbranched alkanes of at least 4 members (excludes halogenated alkanes) is 1. The summed E-state index contributed by atoms with van der Waals surface area (Å²) in [6, 6.07) is 8.36. The number of aliphatic hydroxyl groups is 6. The fourth-order valence-electron chi connectivity index (χ4n) is 10.2. The van der Waals surface area contributed by atoms with Gasteiger partial charge in [0.2, 0.25) is 35.4 Å². The van der Waals surface area contributed by atoms with Gasteiger partial charge in [-0.3, -0.25) is 47.9 Å². The molecule has 1 saturated heterocycles. The molecule has 0 radical (unpaired) electrons. The maximum atomic E-state index is 15.6. The number of amides is 10. The van der Waals surface area contributed by atoms with E-state index in [1.165, 1.54) is 36.4 Å². The van der Waals surface area contributed by atoms with Gasteiger partial charge >= 0.3 is 5.97 Å². The SMILES string of the molecule is CCC/C=C\c1ccccc1[C@H](CC(=O)N[C@@H]1C(=O)N(C)/C(=C/c2ccc(O)cc2)C(=O)N[C@@H](CC(C)C)C(=O)N[C@H](Cc2ccccc2)C(=O)N[C@@H]([C@H](C)O)C(=O)N[C@@H](CC(N)=O)C(=O)N[C@@H](CO)C(=O)O[C@@H]1C)[C@@]1(N)C(=O)NN=C1C(=O)NC[C@@H](O)[C@H](O)[C@H](O)CO. The molecule has 3 aromatic carbocycles. The molecular weight excluding hydrogens is 1230 g/mol. The molecular formula is C63H84N12O19. The van der Waals surface area contributed by atoms with E-state index in [1.807, 2.05) is 6.92 Å². The first kappa shape index (κ1) is 75.2. The number of ether oxygens (including phenoxy) is 1. The van der Waals surface area contributed by atoms with Gasteiger partial charge in [0.25, 0.3) is 23.6 Å². The first-order valence-electron chi connectivity index (χ1n) is 30.2. The number of hydrazone groups is 1. The highest BCUT2D eigenvalue weighted by Crippen LogP contribution is 2.37. The highest BCUT2D eigenvalue weighted by atomic mass is 16.5. The molecule has 0 spiro atoms. The second kappa shape index (κ2) is 35.0. The maximum absolute atomic E-state index is 15.6. The molecule has 5 rings (SSSR count). The second-order valence-corrected chi connectivity index (χ2v) is 23.2. The number of aliphatic hydroxyl groups excluding tert-OH is 6. The molecule has 0 saturated carbocycles. The molecule has 510 valence electrons. The number of carbonyl (C=O) groups excluding carboxylic acids is 11. The van der Waals surface area contributed by atoms with Gasteiger partial charge in [0.1, 0.15) is 60.0 Å². The summed E-state index contributed by atoms with van der Waals surface area (Å²) in [7, 11) is 1.07. The molecule has 2 aliphatic rings. The third kappa shape index (κ3) is 20.3. The zero-order valence-corrected chi connectivity index (χ0v) is 52.7. The van der Waals surface area contributed by atoms with Gasteiger partial charge in [-0.05, 0) is 73.1 Å². The number of phenolic OH excluding ortho intramolecular Hbond substituents is 1. The van der Waals surface area contributed by atoms with Crippen molar-refractivity contribution in [2.24, 2.45) is 22.5 Å². The molecule has 0 bridgehead atoms. The smallest absolute Gasteiger partial charge is 0.331 e. The van der Waals surface area contributed by atoms with Gasteiger partial charge in [0.05, 0.1) is 31.8 Å². The van der Waals surface area contributed by atoms with E-state index in [0.29, 0.717) is 24.0 Å². The van der Waals surface area contributed by atoms with Crippen molar-refractivity contribution in [3.8, 4) is 5.75 Å². The average Bonchev–Trinajstić information content (AvgIpc) is 1.58. The van der Waals surface area contributed by atoms with E-state index in [1.54, 1.807) is 68.5 Å². The molecule has 10 amide bonds. The number of benzene rings is 3. The van der Waals surface area contributed by atoms with Crippen molar-refractivity contribution in [3.05, 3.63) is 113 Å². The minimum absolute atomic E-state index is 0.131. The summed E-state index contributed by atoms with van der Waals surface area (Å²) >= 11 is 0. The molecule has 1 fully saturated rings. The van der Waals surface area contributed by atoms with Crippen molar-refractivity contribution in [2.75, 3.05) is 26.8 Å². The van der Waals surface area contributed by atoms with Crippen molar-refractivity contribution in [1.82, 2.24) is 47.5 Å². The van der Waals surface area contributed by atoms with Gasteiger partial charge in [-0.2, -0.15) is 5.10 Å². The van der Waals surface area contributed by atoms with Crippen LogP contribution in [0.1, 0.15) is 94.9 Å². The Morgan fingerprint density at radius 2 is 1.40 bits per heavy atom. The Bertz CT molecular complexity index is 3310. The predicted octanol–water partition coefficient (Wildman–Crippen LogP) is -4.06. The number of primary amides is 1. The lowest BCUT2D eigenvalue weighted by Gasteiger charge is -2.34. The van der Waals surface area contributed by atoms with E-state index < -0.39 is 187 Å². The molecule has 0 aliphatic carbocycles. The molecule has 2 aliphatic heterocycles. The lowest BCUT2D eigenvalue weighted by molar-refractivity contribution is -0.158. The first-order chi connectivity index (χ1) is 44.4. The molecule has 19 N–H and O–H groups in total. The number of nitrogens with zero attached hydrogens (tertiary/aromatic N) is 2. The van der Waals surface area contributed by atoms with Gasteiger partial charge < -0.3 is 94.1 Å². The number of likely N-dealkylation sites (N-methyl/N-ethyl adjacent to an activating group) is 1. The van der Waals surface area contributed by atoms with Crippen LogP contribution in [0.15, 0.2) is 95.7 Å². The Morgan fingerprint density at radius 3 is 2.02 bits per heavy atom. The molecule has 0 aromatic heterocycles. The van der Waals surface area contributed by atoms with Crippen molar-refractivity contribution in [3.63, 3.8) is 0 Å². The van der Waals surface area contributed by atoms with E-state index in [-0.39, 0.29) is 35.6 Å². The number of allylic oxidation sites excluding steroid dienone is 1. The van der Waals surface area contributed by atoms with Crippen molar-refractivity contribution in [2.45, 2.75) is 151 Å². The van der Waals surface area contributed by atoms with E-state index >= 15 is 14.4 Å². The van der Waals surface area contributed by atoms with Gasteiger partial charge in [0.15, 0.2) is 17.3 Å². The van der Waals surface area contributed by atoms with Crippen LogP contribution in [-0.2, 0) is 63.9 Å². The van der Waals surface area contributed by atoms with Crippen LogP contribution in [0, 0.1) is 5.92 Å². The minimum atomic E-state index is -2.63. The first-order valence-corrected chi connectivity index (χ1v) is 30.2. The molecule has 3 aromatic rings. The summed E-state index contributed by atoms with van der Waals surface area (Å²) in [6.07, 6.45) is -5.83. The van der Waals surface area contributed by atoms with E-state index in [4.69, 9.17) is 16.2 Å². The van der Waals surface area contributed by atoms with Crippen LogP contribution in [0.2, 0.25) is 0 Å². The lowest BCUT2D eigenvalue weighted by atomic mass is 9.72. The summed E-state index contributed by atoms with van der Waals surface area (Å²) in [5.41, 5.74) is 11.9. The number of cyclic esters (lactones) is 1. The molecule has 0 unspecified atom stereocenters. The maximum Gasteiger partial charge on any atom is 0.331 e. The summed E-state index contributed by atoms with van der Waals surface area (Å²) < 4.78 is 5.73. The van der Waals surface area contributed by atoms with Crippen molar-refractivity contribution >= 4 is 82.9 Å². The largest absolute Gasteiger partial charge is 0.508 e. The fraction of sp³-hybridized carbons (Fsp3) is 0.460. The number of esters is 1. The van der Waals surface area contributed by atoms with Crippen molar-refractivity contribution in [1.29, 1.82) is 0 Å². The van der Waals surface area contributed by atoms with E-state index in [0.717, 1.165) is 31.9 Å². The number of phenols is 1. The van der Waals surface area contributed by atoms with Gasteiger partial charge in [-0.1, -0.05) is 106 Å². The fourth-order valence-corrected chi connectivity index (χ4v) is 10.2. The van der Waals surface area contributed by atoms with Crippen LogP contribution >= 0.6 is 0 Å². The monoisotopic (exact) mass is 1310 g/mol. The topological polar surface area (TPSA) is 502 Å². The molecule has 31 nitrogen and oxygen atoms in total. The summed E-state index contributed by atoms with van der Waals surface area (Å²) in [4.78, 5) is 159. The quantitative estimate of drug-likeness (QED) is 0.0317. The average molecular weight is 1310 g/mol. The number of hydrogen-bond donors (Lipinski definition) is 17. The third-order valence-corrected chi connectivity index (χ3v) is 15.4. The predicted molar refractivity (Wildman–Crippen MR) is 337 cm³/mol. The van der Waals surface area contributed by atoms with Crippen LogP contribution in [-0.4, -0.2) is 211 Å². The van der Waals surface area contributed by atoms with E-state index in [9.17, 15) is 74.1 Å². The standard InChI is InChI=1S/C63H84N12O19/c1-7-8-10-17-37-18-13-14-19-39(37)40(63(65)53(73-74-62(63)93)59(90)66-29-46(80)52(84)47(81)31-77)27-49(83)71-51-34(5)94-61(92)44(30-76)70-55(86)43(28-48(64)82)69-58(89)50(33(4)78)72-56(87)42(25-35-15-11-9-12-16-35)67-54(85)41(24-32(2)3)68-57(88)45(75(6)60(51)91)26-36-20-22-38(79)23-21-36/h9-23,26,32-34,40-44,46-47,50-52,76-81,84H,7-8,24-25,27-31,65H2,1-6H3,(H2,64,82)(H,66,90)(H,67,85)(H,68,88)(H,69,89)(H,70,86)(H,71,83)(H,72,87)(H,74,93)/b17-10-,45-26+/t33-,34+,40-,41-,42+,43-,44-,46+,47+,50-,51-,52-,63-/m0/s1. The van der Waals surface area contributed by atoms with Crippen molar-refractivity contribution < 1.29 is 93.2 Å². The number of hydrogen-bond acceptors (Lipinski definition) is 21. The minimum Gasteiger partial charge on any atom is -0.508 e. The Labute approximate surface area is 541 Å². The number of aromatic hydroxyl groups is 1. The van der Waals surface area contributed by atoms with Crippen LogP contribution in [0.4, 0.5) is 0 Å². The summed E-state index contributed by atoms with van der Waals surface area (Å²) in [5.74, 6) is -15.6. The number of nitrogens with one attached hydrogen (secondary N) is 8. The highest BCUT2D eigenvalue weighted by molar-refractivity contribution is 6.48. The lowest BCUT2D eigenvalue weighted by Crippen LogP contribution is -2.63. The van der Waals surface area contributed by atoms with E-state index in [2.05, 4.69) is 47.7 Å². The second-order valence-electron chi connectivity index (χ2n) is 23.2. The van der Waals surface area contributed by atoms with Crippen LogP contribution in [0.3, 0.4) is 0 Å². The Hall–Kier alpha value is -9.50. The summed E-state index contributed by atoms with van der Waals surface area (Å²) in [5, 5.41) is 92.6. The highest BCUT2D eigenvalue weighted by Gasteiger charge is 2.55. The van der Waals surface area contributed by atoms with Gasteiger partial charge in [-0.15, -0.1) is 0 Å². The Morgan fingerprint density at radius 1 is 0.787 bits per heavy atom. The number of nitrogens with two attached hydrogens (primary N) is 2. The van der Waals surface area contributed by atoms with Crippen LogP contribution < -0.4 is 54.1 Å². The number of carbonyl (C=O) groups is 11. The molecule has 2 heterocycles. The molecule has 31 heteroatoms. The molecule has 94 heavy (non-hydrogen) atoms. The van der Waals surface area contributed by atoms with Crippen LogP contribution in [0.5, 0.6) is 5.75 Å². The Kier molecular flexibility index (Phi) is 28.0. The number of rotatable bonds is 23. The van der Waals surface area contributed by atoms with Crippen LogP contribution in [0.25, 0.3) is 12.2 Å².